The molecule has 3 aromatic rings. The predicted molar refractivity (Wildman–Crippen MR) is 86.7 cm³/mol. The predicted octanol–water partition coefficient (Wildman–Crippen LogP) is 4.72. The highest BCUT2D eigenvalue weighted by molar-refractivity contribution is 5.92. The normalized spacial score (nSPS) is 11.2. The molecule has 0 unspecified atom stereocenters. The highest BCUT2D eigenvalue weighted by Gasteiger charge is 2.34. The molecule has 128 valence electrons. The summed E-state index contributed by atoms with van der Waals surface area (Å²) in [6.45, 7) is 0. The van der Waals surface area contributed by atoms with Gasteiger partial charge in [-0.3, -0.25) is 15.6 Å². The zero-order valence-electron chi connectivity index (χ0n) is 12.8. The van der Waals surface area contributed by atoms with Crippen LogP contribution < -0.4 is 10.9 Å². The molecule has 4 nitrogen and oxygen atoms in total. The average Bonchev–Trinajstić information content (AvgIpc) is 3.10. The molecular weight excluding hydrogens is 333 g/mol. The molecule has 0 aliphatic carbocycles. The Morgan fingerprint density at radius 1 is 0.880 bits per heavy atom. The molecule has 0 radical (unpaired) electrons. The van der Waals surface area contributed by atoms with E-state index in [9.17, 15) is 18.0 Å². The van der Waals surface area contributed by atoms with Crippen LogP contribution in [0.1, 0.15) is 16.1 Å². The molecule has 0 saturated heterocycles. The Labute approximate surface area is 141 Å². The molecule has 2 N–H and O–H groups in total. The third kappa shape index (κ3) is 3.82. The minimum absolute atomic E-state index is 0.0298. The standard InChI is InChI=1S/C18H13F3N2O2/c19-18(20,21)14-9-5-4-8-13(14)15-10-11-16(25-15)17(24)23-22-12-6-2-1-3-7-12/h1-11,22H,(H,23,24). The zero-order valence-corrected chi connectivity index (χ0v) is 12.8. The first kappa shape index (κ1) is 16.6. The first-order valence-corrected chi connectivity index (χ1v) is 7.33. The molecule has 3 rings (SSSR count). The third-order valence-corrected chi connectivity index (χ3v) is 3.42. The van der Waals surface area contributed by atoms with Crippen molar-refractivity contribution in [2.24, 2.45) is 0 Å². The summed E-state index contributed by atoms with van der Waals surface area (Å²) in [4.78, 5) is 12.1. The smallest absolute Gasteiger partial charge is 0.417 e. The van der Waals surface area contributed by atoms with E-state index in [0.29, 0.717) is 5.69 Å². The zero-order chi connectivity index (χ0) is 17.9. The monoisotopic (exact) mass is 346 g/mol. The Balaban J connectivity index is 1.78. The Morgan fingerprint density at radius 3 is 2.28 bits per heavy atom. The number of carbonyl (C=O) groups is 1. The van der Waals surface area contributed by atoms with Gasteiger partial charge in [0.15, 0.2) is 5.76 Å². The number of para-hydroxylation sites is 1. The number of amides is 1. The van der Waals surface area contributed by atoms with E-state index in [1.807, 2.05) is 6.07 Å². The second-order valence-electron chi connectivity index (χ2n) is 5.15. The van der Waals surface area contributed by atoms with Gasteiger partial charge in [-0.15, -0.1) is 0 Å². The fourth-order valence-electron chi connectivity index (χ4n) is 2.26. The van der Waals surface area contributed by atoms with E-state index in [4.69, 9.17) is 4.42 Å². The van der Waals surface area contributed by atoms with Crippen molar-refractivity contribution in [2.45, 2.75) is 6.18 Å². The first-order chi connectivity index (χ1) is 11.9. The lowest BCUT2D eigenvalue weighted by Gasteiger charge is -2.10. The molecule has 1 heterocycles. The number of nitrogens with one attached hydrogen (secondary N) is 2. The number of hydrazine groups is 1. The van der Waals surface area contributed by atoms with E-state index >= 15 is 0 Å². The van der Waals surface area contributed by atoms with Crippen LogP contribution in [0.3, 0.4) is 0 Å². The first-order valence-electron chi connectivity index (χ1n) is 7.33. The minimum atomic E-state index is -4.51. The molecule has 0 fully saturated rings. The molecule has 7 heteroatoms. The van der Waals surface area contributed by atoms with Gasteiger partial charge in [0, 0.05) is 5.56 Å². The van der Waals surface area contributed by atoms with Crippen molar-refractivity contribution in [2.75, 3.05) is 5.43 Å². The van der Waals surface area contributed by atoms with Gasteiger partial charge in [0.1, 0.15) is 5.76 Å². The molecular formula is C18H13F3N2O2. The lowest BCUT2D eigenvalue weighted by atomic mass is 10.1. The summed E-state index contributed by atoms with van der Waals surface area (Å²) >= 11 is 0. The summed E-state index contributed by atoms with van der Waals surface area (Å²) in [5.41, 5.74) is 4.82. The van der Waals surface area contributed by atoms with Crippen molar-refractivity contribution >= 4 is 11.6 Å². The number of carbonyl (C=O) groups excluding carboxylic acids is 1. The second kappa shape index (κ2) is 6.72. The maximum absolute atomic E-state index is 13.1. The second-order valence-corrected chi connectivity index (χ2v) is 5.15. The van der Waals surface area contributed by atoms with Gasteiger partial charge in [-0.25, -0.2) is 0 Å². The van der Waals surface area contributed by atoms with Gasteiger partial charge in [0.25, 0.3) is 0 Å². The van der Waals surface area contributed by atoms with Gasteiger partial charge >= 0.3 is 12.1 Å². The average molecular weight is 346 g/mol. The fourth-order valence-corrected chi connectivity index (χ4v) is 2.26. The molecule has 1 aromatic heterocycles. The van der Waals surface area contributed by atoms with Crippen LogP contribution in [-0.2, 0) is 6.18 Å². The van der Waals surface area contributed by atoms with Crippen LogP contribution in [0, 0.1) is 0 Å². The van der Waals surface area contributed by atoms with E-state index < -0.39 is 17.6 Å². The Bertz CT molecular complexity index is 873. The van der Waals surface area contributed by atoms with Crippen molar-refractivity contribution in [3.63, 3.8) is 0 Å². The van der Waals surface area contributed by atoms with Crippen LogP contribution in [0.5, 0.6) is 0 Å². The highest BCUT2D eigenvalue weighted by atomic mass is 19.4. The number of hydrogen-bond donors (Lipinski definition) is 2. The van der Waals surface area contributed by atoms with Gasteiger partial charge in [0.2, 0.25) is 0 Å². The highest BCUT2D eigenvalue weighted by Crippen LogP contribution is 2.37. The number of anilines is 1. The number of halogens is 3. The van der Waals surface area contributed by atoms with Crippen molar-refractivity contribution < 1.29 is 22.4 Å². The lowest BCUT2D eigenvalue weighted by molar-refractivity contribution is -0.137. The van der Waals surface area contributed by atoms with E-state index in [2.05, 4.69) is 10.9 Å². The summed E-state index contributed by atoms with van der Waals surface area (Å²) < 4.78 is 44.5. The van der Waals surface area contributed by atoms with E-state index in [0.717, 1.165) is 6.07 Å². The lowest BCUT2D eigenvalue weighted by Crippen LogP contribution is -2.28. The van der Waals surface area contributed by atoms with Crippen LogP contribution in [0.25, 0.3) is 11.3 Å². The molecule has 0 aliphatic rings. The topological polar surface area (TPSA) is 54.3 Å². The molecule has 0 spiro atoms. The maximum Gasteiger partial charge on any atom is 0.417 e. The van der Waals surface area contributed by atoms with Crippen LogP contribution in [0.4, 0.5) is 18.9 Å². The summed E-state index contributed by atoms with van der Waals surface area (Å²) in [7, 11) is 0. The Hall–Kier alpha value is -3.22. The molecule has 0 atom stereocenters. The summed E-state index contributed by atoms with van der Waals surface area (Å²) in [5, 5.41) is 0. The summed E-state index contributed by atoms with van der Waals surface area (Å²) in [5.74, 6) is -0.729. The molecule has 0 aliphatic heterocycles. The van der Waals surface area contributed by atoms with Gasteiger partial charge in [-0.05, 0) is 30.3 Å². The van der Waals surface area contributed by atoms with E-state index in [1.54, 1.807) is 24.3 Å². The minimum Gasteiger partial charge on any atom is -0.451 e. The molecule has 0 saturated carbocycles. The van der Waals surface area contributed by atoms with E-state index in [1.165, 1.54) is 30.3 Å². The number of benzene rings is 2. The van der Waals surface area contributed by atoms with Crippen LogP contribution >= 0.6 is 0 Å². The largest absolute Gasteiger partial charge is 0.451 e. The summed E-state index contributed by atoms with van der Waals surface area (Å²) in [6.07, 6.45) is -4.51. The van der Waals surface area contributed by atoms with Crippen LogP contribution in [0.2, 0.25) is 0 Å². The SMILES string of the molecule is O=C(NNc1ccccc1)c1ccc(-c2ccccc2C(F)(F)F)o1. The van der Waals surface area contributed by atoms with E-state index in [-0.39, 0.29) is 17.1 Å². The van der Waals surface area contributed by atoms with Crippen molar-refractivity contribution in [3.05, 3.63) is 78.1 Å². The van der Waals surface area contributed by atoms with Crippen LogP contribution in [-0.4, -0.2) is 5.91 Å². The molecule has 1 amide bonds. The molecule has 25 heavy (non-hydrogen) atoms. The fraction of sp³-hybridized carbons (Fsp3) is 0.0556. The molecule has 2 aromatic carbocycles. The number of furan rings is 1. The van der Waals surface area contributed by atoms with Gasteiger partial charge < -0.3 is 4.42 Å². The van der Waals surface area contributed by atoms with Gasteiger partial charge in [0.05, 0.1) is 11.3 Å². The number of alkyl halides is 3. The van der Waals surface area contributed by atoms with Gasteiger partial charge in [-0.2, -0.15) is 13.2 Å². The number of hydrogen-bond acceptors (Lipinski definition) is 3. The Morgan fingerprint density at radius 2 is 1.56 bits per heavy atom. The third-order valence-electron chi connectivity index (χ3n) is 3.42. The Kier molecular flexibility index (Phi) is 4.47. The maximum atomic E-state index is 13.1. The number of rotatable bonds is 4. The summed E-state index contributed by atoms with van der Waals surface area (Å²) in [6, 6.07) is 16.6. The van der Waals surface area contributed by atoms with Crippen molar-refractivity contribution in [1.82, 2.24) is 5.43 Å². The van der Waals surface area contributed by atoms with Gasteiger partial charge in [-0.1, -0.05) is 36.4 Å². The van der Waals surface area contributed by atoms with Crippen molar-refractivity contribution in [3.8, 4) is 11.3 Å². The van der Waals surface area contributed by atoms with Crippen LogP contribution in [0.15, 0.2) is 71.1 Å². The molecule has 0 bridgehead atoms. The van der Waals surface area contributed by atoms with Crippen molar-refractivity contribution in [1.29, 1.82) is 0 Å². The quantitative estimate of drug-likeness (QED) is 0.672.